The molecular formula is C26H40N2O. The molecular weight excluding hydrogens is 356 g/mol. The first-order valence-electron chi connectivity index (χ1n) is 12.1. The monoisotopic (exact) mass is 396 g/mol. The van der Waals surface area contributed by atoms with Crippen LogP contribution >= 0.6 is 0 Å². The molecule has 1 amide bonds. The van der Waals surface area contributed by atoms with Crippen LogP contribution in [0.5, 0.6) is 0 Å². The summed E-state index contributed by atoms with van der Waals surface area (Å²) in [5.74, 6) is 1.49. The molecule has 3 unspecified atom stereocenters. The molecule has 2 bridgehead atoms. The molecule has 0 radical (unpaired) electrons. The van der Waals surface area contributed by atoms with Gasteiger partial charge in [-0.2, -0.15) is 0 Å². The minimum absolute atomic E-state index is 0.277. The molecule has 2 aliphatic carbocycles. The highest BCUT2D eigenvalue weighted by Gasteiger charge is 2.50. The van der Waals surface area contributed by atoms with Gasteiger partial charge in [0.25, 0.3) is 0 Å². The SMILES string of the molecule is CC[C@@]12CCC[C@@](c3ccccc3)(CC(CCC(=O)NC3CCNCC3C)C1)C2. The van der Waals surface area contributed by atoms with E-state index in [1.807, 2.05) is 0 Å². The van der Waals surface area contributed by atoms with Crippen molar-refractivity contribution in [3.05, 3.63) is 35.9 Å². The summed E-state index contributed by atoms with van der Waals surface area (Å²) in [6.45, 7) is 6.69. The zero-order valence-electron chi connectivity index (χ0n) is 18.5. The third-order valence-corrected chi connectivity index (χ3v) is 8.52. The van der Waals surface area contributed by atoms with Crippen LogP contribution in [-0.4, -0.2) is 25.0 Å². The highest BCUT2D eigenvalue weighted by molar-refractivity contribution is 5.76. The van der Waals surface area contributed by atoms with Gasteiger partial charge in [-0.1, -0.05) is 57.0 Å². The standard InChI is InChI=1S/C26H40N2O/c1-3-25-13-7-14-26(19-25,22-8-5-4-6-9-22)17-21(16-25)10-11-24(29)28-23-12-15-27-18-20(23)2/h4-6,8-9,20-21,23,27H,3,7,10-19H2,1-2H3,(H,28,29)/t20?,21?,23?,25-,26-/m1/s1. The third kappa shape index (κ3) is 4.55. The highest BCUT2D eigenvalue weighted by Crippen LogP contribution is 2.60. The minimum atomic E-state index is 0.277. The van der Waals surface area contributed by atoms with Crippen LogP contribution in [0.4, 0.5) is 0 Å². The van der Waals surface area contributed by atoms with Crippen LogP contribution in [0.15, 0.2) is 30.3 Å². The van der Waals surface area contributed by atoms with Crippen molar-refractivity contribution in [1.82, 2.24) is 10.6 Å². The van der Waals surface area contributed by atoms with Gasteiger partial charge >= 0.3 is 0 Å². The Labute approximate surface area is 177 Å². The number of hydrogen-bond donors (Lipinski definition) is 2. The van der Waals surface area contributed by atoms with E-state index in [1.54, 1.807) is 5.56 Å². The van der Waals surface area contributed by atoms with Crippen LogP contribution in [0.2, 0.25) is 0 Å². The van der Waals surface area contributed by atoms with Crippen molar-refractivity contribution in [2.24, 2.45) is 17.3 Å². The van der Waals surface area contributed by atoms with Gasteiger partial charge in [0, 0.05) is 12.5 Å². The Morgan fingerprint density at radius 1 is 1.21 bits per heavy atom. The van der Waals surface area contributed by atoms with Crippen LogP contribution in [-0.2, 0) is 10.2 Å². The first-order valence-corrected chi connectivity index (χ1v) is 12.1. The summed E-state index contributed by atoms with van der Waals surface area (Å²) < 4.78 is 0. The van der Waals surface area contributed by atoms with Gasteiger partial charge in [-0.3, -0.25) is 4.79 Å². The molecule has 0 aromatic heterocycles. The molecule has 2 saturated carbocycles. The van der Waals surface area contributed by atoms with Crippen molar-refractivity contribution in [1.29, 1.82) is 0 Å². The topological polar surface area (TPSA) is 41.1 Å². The fraction of sp³-hybridized carbons (Fsp3) is 0.731. The molecule has 3 heteroatoms. The molecule has 5 atom stereocenters. The van der Waals surface area contributed by atoms with Gasteiger partial charge in [0.05, 0.1) is 0 Å². The summed E-state index contributed by atoms with van der Waals surface area (Å²) in [5, 5.41) is 6.77. The maximum Gasteiger partial charge on any atom is 0.220 e. The average Bonchev–Trinajstić information content (AvgIpc) is 2.74. The lowest BCUT2D eigenvalue weighted by molar-refractivity contribution is -0.122. The quantitative estimate of drug-likeness (QED) is 0.694. The van der Waals surface area contributed by atoms with Crippen molar-refractivity contribution in [2.45, 2.75) is 89.5 Å². The van der Waals surface area contributed by atoms with E-state index in [0.29, 0.717) is 35.1 Å². The van der Waals surface area contributed by atoms with Gasteiger partial charge in [-0.25, -0.2) is 0 Å². The summed E-state index contributed by atoms with van der Waals surface area (Å²) >= 11 is 0. The Balaban J connectivity index is 1.42. The first kappa shape index (κ1) is 20.9. The molecule has 3 aliphatic rings. The number of carbonyl (C=O) groups is 1. The number of rotatable bonds is 6. The predicted molar refractivity (Wildman–Crippen MR) is 120 cm³/mol. The molecule has 29 heavy (non-hydrogen) atoms. The number of amides is 1. The lowest BCUT2D eigenvalue weighted by Crippen LogP contribution is -2.48. The van der Waals surface area contributed by atoms with E-state index in [4.69, 9.17) is 0 Å². The van der Waals surface area contributed by atoms with E-state index in [9.17, 15) is 4.79 Å². The average molecular weight is 397 g/mol. The number of nitrogens with one attached hydrogen (secondary N) is 2. The van der Waals surface area contributed by atoms with Gasteiger partial charge in [0.1, 0.15) is 0 Å². The maximum absolute atomic E-state index is 12.7. The molecule has 1 aliphatic heterocycles. The van der Waals surface area contributed by atoms with Crippen molar-refractivity contribution in [3.63, 3.8) is 0 Å². The normalized spacial score (nSPS) is 37.1. The molecule has 2 N–H and O–H groups in total. The fourth-order valence-corrected chi connectivity index (χ4v) is 6.93. The Kier molecular flexibility index (Phi) is 6.34. The Morgan fingerprint density at radius 3 is 2.79 bits per heavy atom. The zero-order chi connectivity index (χ0) is 20.3. The summed E-state index contributed by atoms with van der Waals surface area (Å²) in [5.41, 5.74) is 2.39. The number of hydrogen-bond acceptors (Lipinski definition) is 2. The van der Waals surface area contributed by atoms with Crippen molar-refractivity contribution in [2.75, 3.05) is 13.1 Å². The van der Waals surface area contributed by atoms with Crippen LogP contribution < -0.4 is 10.6 Å². The maximum atomic E-state index is 12.7. The molecule has 160 valence electrons. The van der Waals surface area contributed by atoms with E-state index >= 15 is 0 Å². The first-order chi connectivity index (χ1) is 14.0. The molecule has 4 rings (SSSR count). The molecule has 3 fully saturated rings. The van der Waals surface area contributed by atoms with Gasteiger partial charge in [0.15, 0.2) is 0 Å². The largest absolute Gasteiger partial charge is 0.353 e. The summed E-state index contributed by atoms with van der Waals surface area (Å²) in [4.78, 5) is 12.7. The van der Waals surface area contributed by atoms with Gasteiger partial charge in [-0.05, 0) is 86.3 Å². The van der Waals surface area contributed by atoms with E-state index in [0.717, 1.165) is 25.9 Å². The summed E-state index contributed by atoms with van der Waals surface area (Å²) in [6, 6.07) is 11.6. The Morgan fingerprint density at radius 2 is 2.03 bits per heavy atom. The number of fused-ring (bicyclic) bond motifs is 2. The molecule has 1 saturated heterocycles. The summed E-state index contributed by atoms with van der Waals surface area (Å²) in [6.07, 6.45) is 12.1. The van der Waals surface area contributed by atoms with Crippen LogP contribution in [0.1, 0.15) is 83.6 Å². The van der Waals surface area contributed by atoms with Gasteiger partial charge < -0.3 is 10.6 Å². The lowest BCUT2D eigenvalue weighted by Gasteiger charge is -2.55. The zero-order valence-corrected chi connectivity index (χ0v) is 18.5. The second-order valence-corrected chi connectivity index (χ2v) is 10.5. The second kappa shape index (κ2) is 8.79. The van der Waals surface area contributed by atoms with E-state index in [1.165, 1.54) is 44.9 Å². The van der Waals surface area contributed by atoms with E-state index < -0.39 is 0 Å². The Bertz CT molecular complexity index is 689. The molecule has 1 aromatic rings. The molecule has 1 aromatic carbocycles. The van der Waals surface area contributed by atoms with Crippen molar-refractivity contribution in [3.8, 4) is 0 Å². The highest BCUT2D eigenvalue weighted by atomic mass is 16.1. The Hall–Kier alpha value is -1.35. The van der Waals surface area contributed by atoms with Crippen LogP contribution in [0, 0.1) is 17.3 Å². The van der Waals surface area contributed by atoms with E-state index in [-0.39, 0.29) is 5.91 Å². The number of benzene rings is 1. The van der Waals surface area contributed by atoms with Crippen LogP contribution in [0.3, 0.4) is 0 Å². The lowest BCUT2D eigenvalue weighted by atomic mass is 9.49. The van der Waals surface area contributed by atoms with Crippen LogP contribution in [0.25, 0.3) is 0 Å². The number of piperidine rings is 1. The fourth-order valence-electron chi connectivity index (χ4n) is 6.93. The van der Waals surface area contributed by atoms with E-state index in [2.05, 4.69) is 54.8 Å². The predicted octanol–water partition coefficient (Wildman–Crippen LogP) is 5.20. The molecule has 3 nitrogen and oxygen atoms in total. The van der Waals surface area contributed by atoms with Gasteiger partial charge in [0.2, 0.25) is 5.91 Å². The third-order valence-electron chi connectivity index (χ3n) is 8.52. The van der Waals surface area contributed by atoms with Crippen molar-refractivity contribution >= 4 is 5.91 Å². The number of carbonyl (C=O) groups excluding carboxylic acids is 1. The molecule has 1 heterocycles. The van der Waals surface area contributed by atoms with Crippen molar-refractivity contribution < 1.29 is 4.79 Å². The van der Waals surface area contributed by atoms with Gasteiger partial charge in [-0.15, -0.1) is 0 Å². The minimum Gasteiger partial charge on any atom is -0.353 e. The summed E-state index contributed by atoms with van der Waals surface area (Å²) in [7, 11) is 0. The molecule has 0 spiro atoms. The smallest absolute Gasteiger partial charge is 0.220 e. The second-order valence-electron chi connectivity index (χ2n) is 10.5.